The fraction of sp³-hybridized carbons (Fsp3) is 0.917. The van der Waals surface area contributed by atoms with E-state index in [1.54, 1.807) is 18.7 Å². The van der Waals surface area contributed by atoms with Gasteiger partial charge in [0.05, 0.1) is 25.4 Å². The number of rotatable bonds is 10. The molecule has 108 valence electrons. The maximum absolute atomic E-state index is 11.2. The van der Waals surface area contributed by atoms with Crippen LogP contribution in [0.5, 0.6) is 0 Å². The van der Waals surface area contributed by atoms with Gasteiger partial charge in [0.2, 0.25) is 0 Å². The van der Waals surface area contributed by atoms with Crippen molar-refractivity contribution < 1.29 is 19.4 Å². The normalized spacial score (nSPS) is 14.6. The second-order valence-corrected chi connectivity index (χ2v) is 5.41. The highest BCUT2D eigenvalue weighted by atomic mass is 32.2. The monoisotopic (exact) mass is 279 g/mol. The maximum atomic E-state index is 11.2. The average Bonchev–Trinajstić information content (AvgIpc) is 2.32. The van der Waals surface area contributed by atoms with Crippen molar-refractivity contribution in [2.75, 3.05) is 24.7 Å². The van der Waals surface area contributed by atoms with Gasteiger partial charge in [-0.1, -0.05) is 0 Å². The summed E-state index contributed by atoms with van der Waals surface area (Å²) in [5.74, 6) is 0.947. The molecule has 0 rings (SSSR count). The largest absolute Gasteiger partial charge is 0.465 e. The van der Waals surface area contributed by atoms with Crippen LogP contribution < -0.4 is 5.73 Å². The molecule has 6 heteroatoms. The first-order valence-electron chi connectivity index (χ1n) is 6.27. The minimum absolute atomic E-state index is 0.127. The highest BCUT2D eigenvalue weighted by Crippen LogP contribution is 2.08. The molecule has 18 heavy (non-hydrogen) atoms. The highest BCUT2D eigenvalue weighted by Gasteiger charge is 2.14. The molecule has 0 bridgehead atoms. The smallest absolute Gasteiger partial charge is 0.322 e. The zero-order valence-corrected chi connectivity index (χ0v) is 12.2. The standard InChI is InChI=1S/C12H25NO4S/c1-4-16-12(15)11(13)5-6-18-8-10(14)7-17-9(2)3/h9-11,14H,4-8,13H2,1-3H3. The van der Waals surface area contributed by atoms with Crippen molar-refractivity contribution in [2.24, 2.45) is 5.73 Å². The second-order valence-electron chi connectivity index (χ2n) is 4.26. The van der Waals surface area contributed by atoms with E-state index in [1.807, 2.05) is 13.8 Å². The van der Waals surface area contributed by atoms with Gasteiger partial charge in [0.15, 0.2) is 0 Å². The van der Waals surface area contributed by atoms with E-state index in [4.69, 9.17) is 15.2 Å². The zero-order chi connectivity index (χ0) is 14.0. The Kier molecular flexibility index (Phi) is 10.4. The quantitative estimate of drug-likeness (QED) is 0.454. The Morgan fingerprint density at radius 2 is 2.11 bits per heavy atom. The van der Waals surface area contributed by atoms with Crippen LogP contribution in [0, 0.1) is 0 Å². The summed E-state index contributed by atoms with van der Waals surface area (Å²) in [5, 5.41) is 9.59. The molecule has 0 aliphatic heterocycles. The van der Waals surface area contributed by atoms with Crippen LogP contribution in [0.4, 0.5) is 0 Å². The fourth-order valence-corrected chi connectivity index (χ4v) is 2.10. The number of carbonyl (C=O) groups is 1. The Morgan fingerprint density at radius 3 is 2.67 bits per heavy atom. The Bertz CT molecular complexity index is 226. The van der Waals surface area contributed by atoms with Gasteiger partial charge in [-0.05, 0) is 32.9 Å². The number of ether oxygens (including phenoxy) is 2. The van der Waals surface area contributed by atoms with Gasteiger partial charge in [-0.2, -0.15) is 11.8 Å². The van der Waals surface area contributed by atoms with E-state index in [9.17, 15) is 9.90 Å². The summed E-state index contributed by atoms with van der Waals surface area (Å²) >= 11 is 1.56. The molecule has 0 radical (unpaired) electrons. The van der Waals surface area contributed by atoms with Gasteiger partial charge in [0, 0.05) is 5.75 Å². The summed E-state index contributed by atoms with van der Waals surface area (Å²) in [4.78, 5) is 11.2. The minimum atomic E-state index is -0.568. The first-order chi connectivity index (χ1) is 8.47. The first kappa shape index (κ1) is 17.7. The molecule has 0 spiro atoms. The summed E-state index contributed by atoms with van der Waals surface area (Å²) in [6.07, 6.45) is 0.208. The van der Waals surface area contributed by atoms with Crippen molar-refractivity contribution in [3.8, 4) is 0 Å². The lowest BCUT2D eigenvalue weighted by Gasteiger charge is -2.14. The summed E-state index contributed by atoms with van der Waals surface area (Å²) in [6.45, 7) is 6.31. The average molecular weight is 279 g/mol. The molecule has 0 saturated heterocycles. The molecule has 0 aromatic rings. The molecule has 2 unspecified atom stereocenters. The molecule has 0 amide bonds. The Morgan fingerprint density at radius 1 is 1.44 bits per heavy atom. The molecule has 0 aliphatic carbocycles. The van der Waals surface area contributed by atoms with Crippen LogP contribution in [0.1, 0.15) is 27.2 Å². The van der Waals surface area contributed by atoms with Crippen LogP contribution in [0.25, 0.3) is 0 Å². The van der Waals surface area contributed by atoms with Crippen LogP contribution in [0.15, 0.2) is 0 Å². The van der Waals surface area contributed by atoms with Crippen LogP contribution in [-0.4, -0.2) is 54.0 Å². The summed E-state index contributed by atoms with van der Waals surface area (Å²) in [5.41, 5.74) is 5.64. The fourth-order valence-electron chi connectivity index (χ4n) is 1.15. The van der Waals surface area contributed by atoms with Gasteiger partial charge in [-0.3, -0.25) is 4.79 Å². The van der Waals surface area contributed by atoms with E-state index < -0.39 is 12.1 Å². The predicted molar refractivity (Wildman–Crippen MR) is 73.6 cm³/mol. The Balaban J connectivity index is 3.51. The first-order valence-corrected chi connectivity index (χ1v) is 7.42. The number of nitrogens with two attached hydrogens (primary N) is 1. The second kappa shape index (κ2) is 10.6. The van der Waals surface area contributed by atoms with Crippen molar-refractivity contribution in [1.82, 2.24) is 0 Å². The molecule has 0 saturated carbocycles. The van der Waals surface area contributed by atoms with E-state index in [0.29, 0.717) is 25.4 Å². The van der Waals surface area contributed by atoms with Crippen LogP contribution in [0.2, 0.25) is 0 Å². The lowest BCUT2D eigenvalue weighted by atomic mass is 10.2. The van der Waals surface area contributed by atoms with Crippen molar-refractivity contribution in [3.63, 3.8) is 0 Å². The number of carbonyl (C=O) groups excluding carboxylic acids is 1. The minimum Gasteiger partial charge on any atom is -0.465 e. The molecule has 3 N–H and O–H groups in total. The van der Waals surface area contributed by atoms with Crippen molar-refractivity contribution in [3.05, 3.63) is 0 Å². The third-order valence-electron chi connectivity index (χ3n) is 2.09. The van der Waals surface area contributed by atoms with E-state index in [-0.39, 0.29) is 12.1 Å². The highest BCUT2D eigenvalue weighted by molar-refractivity contribution is 7.99. The van der Waals surface area contributed by atoms with Gasteiger partial charge in [-0.15, -0.1) is 0 Å². The van der Waals surface area contributed by atoms with Gasteiger partial charge >= 0.3 is 5.97 Å². The maximum Gasteiger partial charge on any atom is 0.322 e. The topological polar surface area (TPSA) is 81.8 Å². The molecule has 0 fully saturated rings. The van der Waals surface area contributed by atoms with Crippen LogP contribution >= 0.6 is 11.8 Å². The molecule has 0 heterocycles. The van der Waals surface area contributed by atoms with Crippen LogP contribution in [0.3, 0.4) is 0 Å². The summed E-state index contributed by atoms with van der Waals surface area (Å²) < 4.78 is 10.1. The predicted octanol–water partition coefficient (Wildman–Crippen LogP) is 0.786. The zero-order valence-electron chi connectivity index (χ0n) is 11.4. The third-order valence-corrected chi connectivity index (χ3v) is 3.24. The molecule has 0 aliphatic rings. The number of thioether (sulfide) groups is 1. The lowest BCUT2D eigenvalue weighted by Crippen LogP contribution is -2.33. The Hall–Kier alpha value is -0.300. The summed E-state index contributed by atoms with van der Waals surface area (Å²) in [7, 11) is 0. The molecular formula is C12H25NO4S. The van der Waals surface area contributed by atoms with Gasteiger partial charge in [0.25, 0.3) is 0 Å². The lowest BCUT2D eigenvalue weighted by molar-refractivity contribution is -0.144. The number of hydrogen-bond acceptors (Lipinski definition) is 6. The number of aliphatic hydroxyl groups is 1. The molecular weight excluding hydrogens is 254 g/mol. The molecule has 0 aromatic carbocycles. The van der Waals surface area contributed by atoms with E-state index >= 15 is 0 Å². The summed E-state index contributed by atoms with van der Waals surface area (Å²) in [6, 6.07) is -0.568. The van der Waals surface area contributed by atoms with E-state index in [0.717, 1.165) is 5.75 Å². The van der Waals surface area contributed by atoms with Gasteiger partial charge in [-0.25, -0.2) is 0 Å². The van der Waals surface area contributed by atoms with Crippen LogP contribution in [-0.2, 0) is 14.3 Å². The molecule has 5 nitrogen and oxygen atoms in total. The molecule has 0 aromatic heterocycles. The number of aliphatic hydroxyl groups excluding tert-OH is 1. The molecule has 2 atom stereocenters. The Labute approximate surface area is 113 Å². The van der Waals surface area contributed by atoms with Gasteiger partial charge < -0.3 is 20.3 Å². The number of esters is 1. The third kappa shape index (κ3) is 9.70. The van der Waals surface area contributed by atoms with E-state index in [1.165, 1.54) is 0 Å². The van der Waals surface area contributed by atoms with Crippen molar-refractivity contribution >= 4 is 17.7 Å². The van der Waals surface area contributed by atoms with Crippen molar-refractivity contribution in [1.29, 1.82) is 0 Å². The SMILES string of the molecule is CCOC(=O)C(N)CCSCC(O)COC(C)C. The number of hydrogen-bond donors (Lipinski definition) is 2. The van der Waals surface area contributed by atoms with Crippen molar-refractivity contribution in [2.45, 2.75) is 45.4 Å². The van der Waals surface area contributed by atoms with E-state index in [2.05, 4.69) is 0 Å². The van der Waals surface area contributed by atoms with Gasteiger partial charge in [0.1, 0.15) is 6.04 Å².